The fourth-order valence-corrected chi connectivity index (χ4v) is 5.40. The number of benzene rings is 2. The molecule has 8 heteroatoms. The van der Waals surface area contributed by atoms with Gasteiger partial charge in [0.2, 0.25) is 5.91 Å². The van der Waals surface area contributed by atoms with Crippen LogP contribution in [-0.2, 0) is 20.7 Å². The van der Waals surface area contributed by atoms with E-state index in [1.165, 1.54) is 0 Å². The minimum absolute atomic E-state index is 0.0755. The van der Waals surface area contributed by atoms with E-state index < -0.39 is 0 Å². The fourth-order valence-electron chi connectivity index (χ4n) is 5.03. The van der Waals surface area contributed by atoms with Crippen molar-refractivity contribution in [1.29, 1.82) is 0 Å². The number of aromatic nitrogens is 2. The van der Waals surface area contributed by atoms with Crippen molar-refractivity contribution in [3.63, 3.8) is 0 Å². The zero-order valence-corrected chi connectivity index (χ0v) is 22.7. The van der Waals surface area contributed by atoms with Gasteiger partial charge in [-0.05, 0) is 62.1 Å². The Morgan fingerprint density at radius 1 is 0.974 bits per heavy atom. The second-order valence-corrected chi connectivity index (χ2v) is 10.3. The van der Waals surface area contributed by atoms with Gasteiger partial charge in [-0.1, -0.05) is 53.5 Å². The van der Waals surface area contributed by atoms with E-state index in [1.807, 2.05) is 78.7 Å². The van der Waals surface area contributed by atoms with Crippen molar-refractivity contribution in [3.8, 4) is 22.4 Å². The first-order valence-electron chi connectivity index (χ1n) is 12.9. The Morgan fingerprint density at radius 3 is 2.39 bits per heavy atom. The standard InChI is InChI=1S/C30H29Cl2N3O3/c1-2-38-30(37)21-15-17-34(18-16-21)28(36)14-12-26-29(20-7-10-23(31)11-8-20)33-27-13-9-22(19-35(26)27)24-5-3-4-6-25(24)32/h3-11,13,19,21H,2,12,14-18H2,1H3. The topological polar surface area (TPSA) is 63.9 Å². The van der Waals surface area contributed by atoms with Gasteiger partial charge in [-0.2, -0.15) is 0 Å². The highest BCUT2D eigenvalue weighted by Crippen LogP contribution is 2.32. The van der Waals surface area contributed by atoms with Crippen molar-refractivity contribution in [2.75, 3.05) is 19.7 Å². The molecule has 1 amide bonds. The van der Waals surface area contributed by atoms with Crippen LogP contribution >= 0.6 is 23.2 Å². The summed E-state index contributed by atoms with van der Waals surface area (Å²) >= 11 is 12.6. The van der Waals surface area contributed by atoms with E-state index in [0.29, 0.717) is 55.4 Å². The fraction of sp³-hybridized carbons (Fsp3) is 0.300. The lowest BCUT2D eigenvalue weighted by molar-refractivity contribution is -0.151. The second kappa shape index (κ2) is 11.6. The first-order valence-corrected chi connectivity index (χ1v) is 13.7. The number of pyridine rings is 1. The summed E-state index contributed by atoms with van der Waals surface area (Å²) in [6, 6.07) is 19.3. The SMILES string of the molecule is CCOC(=O)C1CCN(C(=O)CCc2c(-c3ccc(Cl)cc3)nc3ccc(-c4ccccc4Cl)cn23)CC1. The van der Waals surface area contributed by atoms with E-state index in [9.17, 15) is 9.59 Å². The summed E-state index contributed by atoms with van der Waals surface area (Å²) in [6.45, 7) is 3.32. The summed E-state index contributed by atoms with van der Waals surface area (Å²) in [7, 11) is 0. The number of hydrogen-bond donors (Lipinski definition) is 0. The van der Waals surface area contributed by atoms with Gasteiger partial charge in [0.25, 0.3) is 0 Å². The molecule has 1 aliphatic rings. The molecule has 3 heterocycles. The Balaban J connectivity index is 1.42. The summed E-state index contributed by atoms with van der Waals surface area (Å²) in [5.41, 5.74) is 5.41. The lowest BCUT2D eigenvalue weighted by Crippen LogP contribution is -2.40. The predicted octanol–water partition coefficient (Wildman–Crippen LogP) is 6.71. The molecule has 0 unspecified atom stereocenters. The molecular weight excluding hydrogens is 521 g/mol. The molecular formula is C30H29Cl2N3O3. The lowest BCUT2D eigenvalue weighted by Gasteiger charge is -2.31. The normalized spacial score (nSPS) is 14.1. The zero-order chi connectivity index (χ0) is 26.6. The first kappa shape index (κ1) is 26.3. The Kier molecular flexibility index (Phi) is 8.01. The first-order chi connectivity index (χ1) is 18.4. The number of nitrogens with zero attached hydrogens (tertiary/aromatic N) is 3. The number of amides is 1. The Morgan fingerprint density at radius 2 is 1.68 bits per heavy atom. The molecule has 1 fully saturated rings. The molecule has 1 aliphatic heterocycles. The summed E-state index contributed by atoms with van der Waals surface area (Å²) in [6.07, 6.45) is 4.17. The molecule has 5 rings (SSSR count). The van der Waals surface area contributed by atoms with Crippen LogP contribution in [0.5, 0.6) is 0 Å². The monoisotopic (exact) mass is 549 g/mol. The minimum atomic E-state index is -0.160. The van der Waals surface area contributed by atoms with Crippen molar-refractivity contribution in [1.82, 2.24) is 14.3 Å². The molecule has 0 radical (unpaired) electrons. The molecule has 4 aromatic rings. The van der Waals surface area contributed by atoms with Gasteiger partial charge < -0.3 is 14.0 Å². The number of esters is 1. The molecule has 6 nitrogen and oxygen atoms in total. The van der Waals surface area contributed by atoms with E-state index in [2.05, 4.69) is 4.40 Å². The Bertz CT molecular complexity index is 1460. The van der Waals surface area contributed by atoms with Gasteiger partial charge in [0.1, 0.15) is 5.65 Å². The number of piperidine rings is 1. The number of carbonyl (C=O) groups is 2. The lowest BCUT2D eigenvalue weighted by atomic mass is 9.96. The molecule has 2 aromatic carbocycles. The summed E-state index contributed by atoms with van der Waals surface area (Å²) in [5.74, 6) is -0.212. The number of fused-ring (bicyclic) bond motifs is 1. The van der Waals surface area contributed by atoms with E-state index in [1.54, 1.807) is 0 Å². The van der Waals surface area contributed by atoms with Gasteiger partial charge >= 0.3 is 5.97 Å². The van der Waals surface area contributed by atoms with Crippen molar-refractivity contribution in [2.24, 2.45) is 5.92 Å². The van der Waals surface area contributed by atoms with Gasteiger partial charge in [0.15, 0.2) is 0 Å². The molecule has 1 saturated heterocycles. The number of halogens is 2. The van der Waals surface area contributed by atoms with Gasteiger partial charge in [0, 0.05) is 46.9 Å². The molecule has 0 N–H and O–H groups in total. The number of hydrogen-bond acceptors (Lipinski definition) is 4. The largest absolute Gasteiger partial charge is 0.466 e. The molecule has 0 spiro atoms. The zero-order valence-electron chi connectivity index (χ0n) is 21.2. The summed E-state index contributed by atoms with van der Waals surface area (Å²) in [5, 5.41) is 1.33. The van der Waals surface area contributed by atoms with Crippen molar-refractivity contribution in [2.45, 2.75) is 32.6 Å². The van der Waals surface area contributed by atoms with Gasteiger partial charge in [-0.3, -0.25) is 9.59 Å². The number of ether oxygens (including phenoxy) is 1. The second-order valence-electron chi connectivity index (χ2n) is 9.45. The highest BCUT2D eigenvalue weighted by atomic mass is 35.5. The molecule has 2 aromatic heterocycles. The number of likely N-dealkylation sites (tertiary alicyclic amines) is 1. The van der Waals surface area contributed by atoms with Crippen LogP contribution in [-0.4, -0.2) is 45.9 Å². The highest BCUT2D eigenvalue weighted by Gasteiger charge is 2.28. The molecule has 0 aliphatic carbocycles. The van der Waals surface area contributed by atoms with E-state index in [-0.39, 0.29) is 17.8 Å². The molecule has 0 saturated carbocycles. The third kappa shape index (κ3) is 5.57. The average molecular weight is 550 g/mol. The van der Waals surface area contributed by atoms with Crippen LogP contribution in [0.3, 0.4) is 0 Å². The number of carbonyl (C=O) groups excluding carboxylic acids is 2. The molecule has 0 bridgehead atoms. The van der Waals surface area contributed by atoms with Crippen LogP contribution in [0.25, 0.3) is 28.0 Å². The minimum Gasteiger partial charge on any atom is -0.466 e. The van der Waals surface area contributed by atoms with Crippen LogP contribution < -0.4 is 0 Å². The highest BCUT2D eigenvalue weighted by molar-refractivity contribution is 6.33. The van der Waals surface area contributed by atoms with Crippen LogP contribution in [0.4, 0.5) is 0 Å². The quantitative estimate of drug-likeness (QED) is 0.240. The third-order valence-electron chi connectivity index (χ3n) is 7.06. The van der Waals surface area contributed by atoms with Gasteiger partial charge in [0.05, 0.1) is 23.9 Å². The van der Waals surface area contributed by atoms with E-state index in [0.717, 1.165) is 33.7 Å². The maximum Gasteiger partial charge on any atom is 0.309 e. The molecule has 196 valence electrons. The van der Waals surface area contributed by atoms with Crippen molar-refractivity contribution < 1.29 is 14.3 Å². The maximum atomic E-state index is 13.2. The van der Waals surface area contributed by atoms with Crippen LogP contribution in [0.15, 0.2) is 66.9 Å². The summed E-state index contributed by atoms with van der Waals surface area (Å²) in [4.78, 5) is 32.0. The van der Waals surface area contributed by atoms with Gasteiger partial charge in [-0.25, -0.2) is 4.98 Å². The molecule has 0 atom stereocenters. The smallest absolute Gasteiger partial charge is 0.309 e. The van der Waals surface area contributed by atoms with Crippen LogP contribution in [0, 0.1) is 5.92 Å². The third-order valence-corrected chi connectivity index (χ3v) is 7.64. The Hall–Kier alpha value is -3.35. The maximum absolute atomic E-state index is 13.2. The number of imidazole rings is 1. The van der Waals surface area contributed by atoms with E-state index >= 15 is 0 Å². The number of rotatable bonds is 7. The van der Waals surface area contributed by atoms with Crippen molar-refractivity contribution in [3.05, 3.63) is 82.6 Å². The van der Waals surface area contributed by atoms with Crippen LogP contribution in [0.1, 0.15) is 31.9 Å². The van der Waals surface area contributed by atoms with E-state index in [4.69, 9.17) is 32.9 Å². The Labute approximate surface area is 232 Å². The average Bonchev–Trinajstić information content (AvgIpc) is 3.30. The van der Waals surface area contributed by atoms with Crippen molar-refractivity contribution >= 4 is 40.7 Å². The number of aryl methyl sites for hydroxylation is 1. The summed E-state index contributed by atoms with van der Waals surface area (Å²) < 4.78 is 7.22. The molecule has 38 heavy (non-hydrogen) atoms. The van der Waals surface area contributed by atoms with Crippen LogP contribution in [0.2, 0.25) is 10.0 Å². The van der Waals surface area contributed by atoms with Gasteiger partial charge in [-0.15, -0.1) is 0 Å². The predicted molar refractivity (Wildman–Crippen MR) is 150 cm³/mol.